The minimum Gasteiger partial charge on any atom is -0.414 e. The number of hydrogen-bond acceptors (Lipinski definition) is 6. The minimum atomic E-state index is -2.08. The summed E-state index contributed by atoms with van der Waals surface area (Å²) >= 11 is 0. The van der Waals surface area contributed by atoms with Crippen molar-refractivity contribution < 1.29 is 13.6 Å². The lowest BCUT2D eigenvalue weighted by Crippen LogP contribution is -2.48. The van der Waals surface area contributed by atoms with Gasteiger partial charge in [0.25, 0.3) is 5.56 Å². The molecule has 0 radical (unpaired) electrons. The van der Waals surface area contributed by atoms with E-state index in [1.165, 1.54) is 4.57 Å². The van der Waals surface area contributed by atoms with E-state index in [1.54, 1.807) is 13.2 Å². The number of aromatic nitrogens is 2. The smallest absolute Gasteiger partial charge is 0.330 e. The number of hydrogen-bond donors (Lipinski definition) is 2. The first-order chi connectivity index (χ1) is 14.9. The molecule has 2 heterocycles. The summed E-state index contributed by atoms with van der Waals surface area (Å²) in [6.45, 7) is 23.0. The van der Waals surface area contributed by atoms with Gasteiger partial charge < -0.3 is 18.9 Å². The molecule has 0 amide bonds. The molecule has 3 atom stereocenters. The van der Waals surface area contributed by atoms with Crippen LogP contribution in [-0.4, -0.2) is 52.0 Å². The fourth-order valence-corrected chi connectivity index (χ4v) is 5.64. The Morgan fingerprint density at radius 1 is 1.09 bits per heavy atom. The van der Waals surface area contributed by atoms with Crippen molar-refractivity contribution >= 4 is 16.6 Å². The average molecular weight is 500 g/mol. The highest BCUT2D eigenvalue weighted by Gasteiger charge is 2.46. The second kappa shape index (κ2) is 9.90. The van der Waals surface area contributed by atoms with Gasteiger partial charge in [0.2, 0.25) is 0 Å². The molecule has 2 N–H and O–H groups in total. The molecule has 1 aliphatic heterocycles. The molecule has 0 unspecified atom stereocenters. The van der Waals surface area contributed by atoms with Crippen molar-refractivity contribution in [3.63, 3.8) is 0 Å². The van der Waals surface area contributed by atoms with Crippen LogP contribution in [0.3, 0.4) is 0 Å². The van der Waals surface area contributed by atoms with Gasteiger partial charge in [0, 0.05) is 24.7 Å². The second-order valence-corrected chi connectivity index (χ2v) is 21.8. The summed E-state index contributed by atoms with van der Waals surface area (Å²) < 4.78 is 21.2. The molecular weight excluding hydrogens is 454 g/mol. The van der Waals surface area contributed by atoms with E-state index in [1.807, 2.05) is 0 Å². The number of ether oxygens (including phenoxy) is 1. The highest BCUT2D eigenvalue weighted by atomic mass is 28.4. The second-order valence-electron chi connectivity index (χ2n) is 12.2. The third-order valence-electron chi connectivity index (χ3n) is 7.57. The Morgan fingerprint density at radius 2 is 1.67 bits per heavy atom. The van der Waals surface area contributed by atoms with Gasteiger partial charge in [0.05, 0.1) is 12.7 Å². The van der Waals surface area contributed by atoms with Crippen LogP contribution in [0, 0.1) is 0 Å². The SMILES string of the molecule is CNCc1cn([C@H]2C[C@H](O[Si](C)(C)C(C)(C)C)[C@@H](CO[Si](C)(C)C(C)(C)C)O2)c(=O)[nH]c1=O. The lowest BCUT2D eigenvalue weighted by atomic mass is 10.2. The predicted molar refractivity (Wildman–Crippen MR) is 138 cm³/mol. The lowest BCUT2D eigenvalue weighted by Gasteiger charge is -2.40. The summed E-state index contributed by atoms with van der Waals surface area (Å²) in [5, 5.41) is 3.10. The van der Waals surface area contributed by atoms with Crippen LogP contribution < -0.4 is 16.6 Å². The van der Waals surface area contributed by atoms with E-state index in [0.717, 1.165) is 0 Å². The van der Waals surface area contributed by atoms with Crippen LogP contribution in [0.25, 0.3) is 0 Å². The first kappa shape index (κ1) is 28.2. The molecule has 1 aliphatic rings. The Balaban J connectivity index is 2.35. The van der Waals surface area contributed by atoms with Crippen molar-refractivity contribution in [3.05, 3.63) is 32.6 Å². The van der Waals surface area contributed by atoms with Gasteiger partial charge in [-0.3, -0.25) is 14.3 Å². The van der Waals surface area contributed by atoms with E-state index in [4.69, 9.17) is 13.6 Å². The topological polar surface area (TPSA) is 94.6 Å². The van der Waals surface area contributed by atoms with Crippen molar-refractivity contribution in [2.24, 2.45) is 0 Å². The van der Waals surface area contributed by atoms with Crippen molar-refractivity contribution in [1.82, 2.24) is 14.9 Å². The Kier molecular flexibility index (Phi) is 8.46. The van der Waals surface area contributed by atoms with Crippen LogP contribution in [-0.2, 0) is 20.1 Å². The zero-order chi connectivity index (χ0) is 25.4. The maximum absolute atomic E-state index is 12.6. The van der Waals surface area contributed by atoms with E-state index >= 15 is 0 Å². The van der Waals surface area contributed by atoms with Gasteiger partial charge in [-0.05, 0) is 43.3 Å². The lowest BCUT2D eigenvalue weighted by molar-refractivity contribution is -0.0413. The van der Waals surface area contributed by atoms with E-state index in [-0.39, 0.29) is 27.8 Å². The molecule has 10 heteroatoms. The monoisotopic (exact) mass is 499 g/mol. The van der Waals surface area contributed by atoms with E-state index in [0.29, 0.717) is 25.1 Å². The van der Waals surface area contributed by atoms with E-state index in [2.05, 4.69) is 78.0 Å². The standard InChI is InChI=1S/C23H45N3O5Si2/c1-22(2,3)32(8,9)29-15-18-17(31-33(10,11)23(4,5)6)12-19(30-18)26-14-16(13-24-7)20(27)25-21(26)28/h14,17-19,24H,12-13,15H2,1-11H3,(H,25,27,28)/t17-,18+,19+/m0/s1. The zero-order valence-electron chi connectivity index (χ0n) is 22.4. The van der Waals surface area contributed by atoms with Crippen LogP contribution in [0.4, 0.5) is 0 Å². The number of rotatable bonds is 8. The molecule has 0 aromatic carbocycles. The molecule has 2 rings (SSSR count). The largest absolute Gasteiger partial charge is 0.414 e. The third-order valence-corrected chi connectivity index (χ3v) is 16.6. The van der Waals surface area contributed by atoms with Crippen LogP contribution in [0.2, 0.25) is 36.3 Å². The molecule has 190 valence electrons. The van der Waals surface area contributed by atoms with Gasteiger partial charge >= 0.3 is 5.69 Å². The summed E-state index contributed by atoms with van der Waals surface area (Å²) in [5.74, 6) is 0. The average Bonchev–Trinajstić information content (AvgIpc) is 3.02. The first-order valence-corrected chi connectivity index (χ1v) is 17.7. The molecule has 1 fully saturated rings. The van der Waals surface area contributed by atoms with Gasteiger partial charge in [0.1, 0.15) is 12.3 Å². The molecule has 33 heavy (non-hydrogen) atoms. The van der Waals surface area contributed by atoms with Crippen molar-refractivity contribution in [3.8, 4) is 0 Å². The summed E-state index contributed by atoms with van der Waals surface area (Å²) in [6, 6.07) is 0. The highest BCUT2D eigenvalue weighted by molar-refractivity contribution is 6.74. The number of nitrogens with one attached hydrogen (secondary N) is 2. The Bertz CT molecular complexity index is 928. The molecule has 8 nitrogen and oxygen atoms in total. The number of nitrogens with zero attached hydrogens (tertiary/aromatic N) is 1. The quantitative estimate of drug-likeness (QED) is 0.526. The van der Waals surface area contributed by atoms with Crippen molar-refractivity contribution in [2.45, 2.75) is 109 Å². The maximum Gasteiger partial charge on any atom is 0.330 e. The predicted octanol–water partition coefficient (Wildman–Crippen LogP) is 3.96. The molecule has 1 aromatic heterocycles. The Labute approximate surface area is 200 Å². The summed E-state index contributed by atoms with van der Waals surface area (Å²) in [4.78, 5) is 27.2. The molecule has 1 aromatic rings. The third kappa shape index (κ3) is 6.55. The number of H-pyrrole nitrogens is 1. The van der Waals surface area contributed by atoms with Crippen LogP contribution >= 0.6 is 0 Å². The molecule has 0 spiro atoms. The number of aromatic amines is 1. The van der Waals surface area contributed by atoms with Gasteiger partial charge in [0.15, 0.2) is 16.6 Å². The van der Waals surface area contributed by atoms with E-state index < -0.39 is 28.6 Å². The Hall–Kier alpha value is -1.05. The van der Waals surface area contributed by atoms with Crippen molar-refractivity contribution in [2.75, 3.05) is 13.7 Å². The maximum atomic E-state index is 12.6. The van der Waals surface area contributed by atoms with E-state index in [9.17, 15) is 9.59 Å². The Morgan fingerprint density at radius 3 is 2.18 bits per heavy atom. The van der Waals surface area contributed by atoms with Crippen LogP contribution in [0.1, 0.15) is 59.8 Å². The van der Waals surface area contributed by atoms with Gasteiger partial charge in [-0.2, -0.15) is 0 Å². The minimum absolute atomic E-state index is 0.0463. The molecule has 0 bridgehead atoms. The summed E-state index contributed by atoms with van der Waals surface area (Å²) in [6.07, 6.45) is 1.14. The van der Waals surface area contributed by atoms with Crippen LogP contribution in [0.5, 0.6) is 0 Å². The summed E-state index contributed by atoms with van der Waals surface area (Å²) in [5.41, 5.74) is -0.360. The fraction of sp³-hybridized carbons (Fsp3) is 0.826. The molecular formula is C23H45N3O5Si2. The normalized spacial score (nSPS) is 22.7. The molecule has 0 aliphatic carbocycles. The molecule has 0 saturated carbocycles. The van der Waals surface area contributed by atoms with Gasteiger partial charge in [-0.15, -0.1) is 0 Å². The van der Waals surface area contributed by atoms with Crippen molar-refractivity contribution in [1.29, 1.82) is 0 Å². The van der Waals surface area contributed by atoms with Crippen LogP contribution in [0.15, 0.2) is 15.8 Å². The fourth-order valence-electron chi connectivity index (χ4n) is 3.26. The van der Waals surface area contributed by atoms with Gasteiger partial charge in [-0.1, -0.05) is 41.5 Å². The molecule has 1 saturated heterocycles. The first-order valence-electron chi connectivity index (χ1n) is 11.9. The summed E-state index contributed by atoms with van der Waals surface area (Å²) in [7, 11) is -2.30. The zero-order valence-corrected chi connectivity index (χ0v) is 24.4. The highest BCUT2D eigenvalue weighted by Crippen LogP contribution is 2.42. The van der Waals surface area contributed by atoms with Gasteiger partial charge in [-0.25, -0.2) is 4.79 Å².